The molecule has 4 amide bonds. The van der Waals surface area contributed by atoms with E-state index in [1.807, 2.05) is 41.5 Å². The number of carbonyl (C=O) groups excluding carboxylic acids is 4. The number of likely N-dealkylation sites (tertiary alicyclic amines) is 1. The summed E-state index contributed by atoms with van der Waals surface area (Å²) in [6, 6.07) is 0. The Kier molecular flexibility index (Phi) is 4.31. The minimum atomic E-state index is -0.912. The molecule has 3 saturated heterocycles. The summed E-state index contributed by atoms with van der Waals surface area (Å²) >= 11 is 0. The van der Waals surface area contributed by atoms with Crippen molar-refractivity contribution in [3.8, 4) is 0 Å². The summed E-state index contributed by atoms with van der Waals surface area (Å²) in [4.78, 5) is 56.4. The summed E-state index contributed by atoms with van der Waals surface area (Å²) in [6.45, 7) is 12.0. The zero-order chi connectivity index (χ0) is 21.4. The molecule has 3 fully saturated rings. The number of nitrogens with zero attached hydrogens (tertiary/aromatic N) is 3. The standard InChI is InChI=1S/C21H33N3O4/c1-13-9-14(25)24-12-19(5,23(8)16(27)20(13,24)6)11-21(18(2,3)4)10-15(26)22(7)17(21)28/h13H,9-12H2,1-8H3/t13-,19+,20+,21-/m0/s1. The van der Waals surface area contributed by atoms with Crippen molar-refractivity contribution in [3.05, 3.63) is 0 Å². The third kappa shape index (κ3) is 2.40. The lowest BCUT2D eigenvalue weighted by molar-refractivity contribution is -0.170. The Morgan fingerprint density at radius 2 is 1.57 bits per heavy atom. The SMILES string of the molecule is C[C@H]1CC(=O)N2C[C@@](C)(C[C@@]3(C(C)(C)C)CC(=O)N(C)C3=O)N(C)C(=O)[C@@]12C. The molecular formula is C21H33N3O4. The van der Waals surface area contributed by atoms with E-state index < -0.39 is 21.9 Å². The topological polar surface area (TPSA) is 78.0 Å². The minimum absolute atomic E-state index is 0.0153. The van der Waals surface area contributed by atoms with Gasteiger partial charge in [-0.2, -0.15) is 0 Å². The first-order chi connectivity index (χ1) is 12.6. The highest BCUT2D eigenvalue weighted by Gasteiger charge is 2.65. The van der Waals surface area contributed by atoms with E-state index in [-0.39, 0.29) is 36.0 Å². The number of likely N-dealkylation sites (N-methyl/N-ethyl adjacent to an activating group) is 1. The van der Waals surface area contributed by atoms with Gasteiger partial charge >= 0.3 is 0 Å². The van der Waals surface area contributed by atoms with Crippen LogP contribution in [0, 0.1) is 16.7 Å². The van der Waals surface area contributed by atoms with E-state index in [0.717, 1.165) is 0 Å². The highest BCUT2D eigenvalue weighted by atomic mass is 16.2. The van der Waals surface area contributed by atoms with Crippen LogP contribution in [0.3, 0.4) is 0 Å². The van der Waals surface area contributed by atoms with E-state index in [4.69, 9.17) is 0 Å². The second-order valence-electron chi connectivity index (χ2n) is 10.5. The van der Waals surface area contributed by atoms with Gasteiger partial charge in [0.05, 0.1) is 11.0 Å². The Balaban J connectivity index is 2.05. The van der Waals surface area contributed by atoms with Crippen LogP contribution in [-0.4, -0.2) is 70.0 Å². The molecule has 3 aliphatic rings. The molecule has 0 N–H and O–H groups in total. The van der Waals surface area contributed by atoms with Crippen LogP contribution in [0.1, 0.15) is 60.8 Å². The van der Waals surface area contributed by atoms with Crippen molar-refractivity contribution in [2.24, 2.45) is 16.7 Å². The molecule has 3 heterocycles. The zero-order valence-electron chi connectivity index (χ0n) is 18.4. The van der Waals surface area contributed by atoms with Gasteiger partial charge < -0.3 is 9.80 Å². The number of amides is 4. The third-order valence-electron chi connectivity index (χ3n) is 8.01. The van der Waals surface area contributed by atoms with Crippen LogP contribution in [0.4, 0.5) is 0 Å². The monoisotopic (exact) mass is 391 g/mol. The van der Waals surface area contributed by atoms with Gasteiger partial charge in [-0.25, -0.2) is 0 Å². The van der Waals surface area contributed by atoms with E-state index >= 15 is 0 Å². The highest BCUT2D eigenvalue weighted by Crippen LogP contribution is 2.54. The molecule has 0 aromatic rings. The fourth-order valence-corrected chi connectivity index (χ4v) is 5.41. The van der Waals surface area contributed by atoms with Gasteiger partial charge in [0.15, 0.2) is 0 Å². The third-order valence-corrected chi connectivity index (χ3v) is 8.01. The summed E-state index contributed by atoms with van der Waals surface area (Å²) in [7, 11) is 3.29. The van der Waals surface area contributed by atoms with Crippen molar-refractivity contribution in [2.45, 2.75) is 71.9 Å². The Bertz CT molecular complexity index is 772. The summed E-state index contributed by atoms with van der Waals surface area (Å²) in [5.41, 5.74) is -2.96. The molecule has 0 aromatic heterocycles. The van der Waals surface area contributed by atoms with Crippen LogP contribution in [0.2, 0.25) is 0 Å². The maximum Gasteiger partial charge on any atom is 0.248 e. The molecule has 0 spiro atoms. The maximum absolute atomic E-state index is 13.4. The minimum Gasteiger partial charge on any atom is -0.336 e. The van der Waals surface area contributed by atoms with Crippen LogP contribution in [0.5, 0.6) is 0 Å². The number of hydrogen-bond donors (Lipinski definition) is 0. The number of imide groups is 1. The summed E-state index contributed by atoms with van der Waals surface area (Å²) in [6.07, 6.45) is 0.830. The van der Waals surface area contributed by atoms with Gasteiger partial charge in [0, 0.05) is 33.5 Å². The Labute approximate surface area is 167 Å². The van der Waals surface area contributed by atoms with Crippen LogP contribution in [0.25, 0.3) is 0 Å². The smallest absolute Gasteiger partial charge is 0.248 e. The Morgan fingerprint density at radius 1 is 1.00 bits per heavy atom. The Morgan fingerprint density at radius 3 is 2.04 bits per heavy atom. The number of fused-ring (bicyclic) bond motifs is 1. The normalized spacial score (nSPS) is 39.3. The predicted octanol–water partition coefficient (Wildman–Crippen LogP) is 1.66. The molecule has 3 rings (SSSR count). The van der Waals surface area contributed by atoms with Crippen LogP contribution < -0.4 is 0 Å². The molecule has 0 aromatic carbocycles. The number of carbonyl (C=O) groups is 4. The number of rotatable bonds is 2. The highest BCUT2D eigenvalue weighted by molar-refractivity contribution is 6.06. The fourth-order valence-electron chi connectivity index (χ4n) is 5.41. The van der Waals surface area contributed by atoms with Gasteiger partial charge in [-0.15, -0.1) is 0 Å². The second kappa shape index (κ2) is 5.80. The van der Waals surface area contributed by atoms with E-state index in [0.29, 0.717) is 19.4 Å². The lowest BCUT2D eigenvalue weighted by atomic mass is 9.59. The van der Waals surface area contributed by atoms with Gasteiger partial charge in [-0.3, -0.25) is 24.1 Å². The van der Waals surface area contributed by atoms with Gasteiger partial charge in [-0.05, 0) is 31.6 Å². The molecule has 7 nitrogen and oxygen atoms in total. The quantitative estimate of drug-likeness (QED) is 0.671. The lowest BCUT2D eigenvalue weighted by Gasteiger charge is -2.56. The van der Waals surface area contributed by atoms with E-state index in [2.05, 4.69) is 0 Å². The van der Waals surface area contributed by atoms with Gasteiger partial charge in [-0.1, -0.05) is 27.7 Å². The molecule has 0 bridgehead atoms. The lowest BCUT2D eigenvalue weighted by Crippen LogP contribution is -2.72. The van der Waals surface area contributed by atoms with E-state index in [9.17, 15) is 19.2 Å². The first-order valence-corrected chi connectivity index (χ1v) is 10.0. The second-order valence-corrected chi connectivity index (χ2v) is 10.5. The van der Waals surface area contributed by atoms with Crippen molar-refractivity contribution < 1.29 is 19.2 Å². The molecule has 0 aliphatic carbocycles. The molecule has 0 unspecified atom stereocenters. The van der Waals surface area contributed by atoms with E-state index in [1.54, 1.807) is 16.8 Å². The maximum atomic E-state index is 13.4. The predicted molar refractivity (Wildman–Crippen MR) is 104 cm³/mol. The molecule has 156 valence electrons. The molecule has 28 heavy (non-hydrogen) atoms. The largest absolute Gasteiger partial charge is 0.336 e. The molecule has 0 saturated carbocycles. The molecular weight excluding hydrogens is 358 g/mol. The van der Waals surface area contributed by atoms with Crippen molar-refractivity contribution in [1.82, 2.24) is 14.7 Å². The average molecular weight is 392 g/mol. The van der Waals surface area contributed by atoms with E-state index in [1.165, 1.54) is 11.9 Å². The Hall–Kier alpha value is -1.92. The number of hydrogen-bond acceptors (Lipinski definition) is 4. The molecule has 3 aliphatic heterocycles. The zero-order valence-corrected chi connectivity index (χ0v) is 18.4. The summed E-state index contributed by atoms with van der Waals surface area (Å²) < 4.78 is 0. The average Bonchev–Trinajstić information content (AvgIpc) is 2.93. The summed E-state index contributed by atoms with van der Waals surface area (Å²) in [5, 5.41) is 0. The van der Waals surface area contributed by atoms with Crippen LogP contribution in [0.15, 0.2) is 0 Å². The van der Waals surface area contributed by atoms with Crippen molar-refractivity contribution in [3.63, 3.8) is 0 Å². The van der Waals surface area contributed by atoms with Crippen LogP contribution >= 0.6 is 0 Å². The van der Waals surface area contributed by atoms with Gasteiger partial charge in [0.1, 0.15) is 5.54 Å². The molecule has 4 atom stereocenters. The van der Waals surface area contributed by atoms with Crippen LogP contribution in [-0.2, 0) is 19.2 Å². The summed E-state index contributed by atoms with van der Waals surface area (Å²) in [5.74, 6) is -0.547. The molecule has 7 heteroatoms. The van der Waals surface area contributed by atoms with Crippen molar-refractivity contribution in [1.29, 1.82) is 0 Å². The van der Waals surface area contributed by atoms with Crippen molar-refractivity contribution in [2.75, 3.05) is 20.6 Å². The van der Waals surface area contributed by atoms with Crippen molar-refractivity contribution >= 4 is 23.6 Å². The van der Waals surface area contributed by atoms with Gasteiger partial charge in [0.25, 0.3) is 0 Å². The van der Waals surface area contributed by atoms with Gasteiger partial charge in [0.2, 0.25) is 23.6 Å². The molecule has 0 radical (unpaired) electrons. The first kappa shape index (κ1) is 20.8. The first-order valence-electron chi connectivity index (χ1n) is 10.0. The fraction of sp³-hybridized carbons (Fsp3) is 0.810. The number of piperazine rings is 1.